The SMILES string of the molecule is CC1CC(C)C(n2cccn2)C(O)C1. The molecule has 1 heterocycles. The van der Waals surface area contributed by atoms with Crippen molar-refractivity contribution in [2.45, 2.75) is 38.8 Å². The molecular formula is C11H18N2O. The summed E-state index contributed by atoms with van der Waals surface area (Å²) >= 11 is 0. The molecule has 4 unspecified atom stereocenters. The van der Waals surface area contributed by atoms with Gasteiger partial charge in [-0.3, -0.25) is 4.68 Å². The zero-order valence-electron chi connectivity index (χ0n) is 8.80. The van der Waals surface area contributed by atoms with E-state index in [9.17, 15) is 5.11 Å². The van der Waals surface area contributed by atoms with E-state index in [1.165, 1.54) is 6.42 Å². The van der Waals surface area contributed by atoms with Crippen LogP contribution < -0.4 is 0 Å². The van der Waals surface area contributed by atoms with E-state index in [4.69, 9.17) is 0 Å². The maximum Gasteiger partial charge on any atom is 0.0803 e. The molecule has 4 atom stereocenters. The van der Waals surface area contributed by atoms with Gasteiger partial charge in [-0.1, -0.05) is 13.8 Å². The number of aliphatic hydroxyl groups is 1. The van der Waals surface area contributed by atoms with Gasteiger partial charge in [-0.15, -0.1) is 0 Å². The fourth-order valence-electron chi connectivity index (χ4n) is 2.70. The molecule has 2 rings (SSSR count). The minimum atomic E-state index is -0.242. The van der Waals surface area contributed by atoms with Gasteiger partial charge < -0.3 is 5.11 Å². The van der Waals surface area contributed by atoms with E-state index in [-0.39, 0.29) is 12.1 Å². The van der Waals surface area contributed by atoms with Crippen LogP contribution in [0.4, 0.5) is 0 Å². The van der Waals surface area contributed by atoms with Crippen molar-refractivity contribution in [3.63, 3.8) is 0 Å². The molecular weight excluding hydrogens is 176 g/mol. The summed E-state index contributed by atoms with van der Waals surface area (Å²) in [4.78, 5) is 0. The molecule has 1 aliphatic carbocycles. The fourth-order valence-corrected chi connectivity index (χ4v) is 2.70. The Hall–Kier alpha value is -0.830. The van der Waals surface area contributed by atoms with Crippen LogP contribution in [0.25, 0.3) is 0 Å². The molecule has 0 aromatic carbocycles. The Bertz CT molecular complexity index is 271. The van der Waals surface area contributed by atoms with Gasteiger partial charge in [0.25, 0.3) is 0 Å². The third kappa shape index (κ3) is 1.69. The monoisotopic (exact) mass is 194 g/mol. The average molecular weight is 194 g/mol. The molecule has 1 aliphatic rings. The molecule has 0 bridgehead atoms. The van der Waals surface area contributed by atoms with Crippen molar-refractivity contribution in [2.75, 3.05) is 0 Å². The molecule has 1 aromatic rings. The Morgan fingerprint density at radius 2 is 2.14 bits per heavy atom. The van der Waals surface area contributed by atoms with Gasteiger partial charge in [-0.05, 0) is 30.7 Å². The quantitative estimate of drug-likeness (QED) is 0.741. The van der Waals surface area contributed by atoms with Crippen LogP contribution in [-0.4, -0.2) is 21.0 Å². The van der Waals surface area contributed by atoms with Gasteiger partial charge >= 0.3 is 0 Å². The van der Waals surface area contributed by atoms with Crippen molar-refractivity contribution < 1.29 is 5.11 Å². The van der Waals surface area contributed by atoms with Crippen LogP contribution >= 0.6 is 0 Å². The Morgan fingerprint density at radius 3 is 2.71 bits per heavy atom. The van der Waals surface area contributed by atoms with E-state index in [0.717, 1.165) is 6.42 Å². The average Bonchev–Trinajstić information content (AvgIpc) is 2.54. The molecule has 0 spiro atoms. The van der Waals surface area contributed by atoms with Crippen LogP contribution in [0.15, 0.2) is 18.5 Å². The fraction of sp³-hybridized carbons (Fsp3) is 0.727. The van der Waals surface area contributed by atoms with Crippen molar-refractivity contribution in [1.82, 2.24) is 9.78 Å². The molecule has 1 saturated carbocycles. The number of hydrogen-bond acceptors (Lipinski definition) is 2. The first-order valence-corrected chi connectivity index (χ1v) is 5.35. The van der Waals surface area contributed by atoms with E-state index < -0.39 is 0 Å². The van der Waals surface area contributed by atoms with Crippen LogP contribution in [0.3, 0.4) is 0 Å². The van der Waals surface area contributed by atoms with E-state index >= 15 is 0 Å². The lowest BCUT2D eigenvalue weighted by molar-refractivity contribution is 0.0178. The van der Waals surface area contributed by atoms with Crippen molar-refractivity contribution in [1.29, 1.82) is 0 Å². The number of aliphatic hydroxyl groups excluding tert-OH is 1. The lowest BCUT2D eigenvalue weighted by atomic mass is 9.78. The van der Waals surface area contributed by atoms with Gasteiger partial charge in [0.05, 0.1) is 12.1 Å². The van der Waals surface area contributed by atoms with Crippen molar-refractivity contribution >= 4 is 0 Å². The summed E-state index contributed by atoms with van der Waals surface area (Å²) < 4.78 is 1.90. The van der Waals surface area contributed by atoms with Crippen LogP contribution in [0.2, 0.25) is 0 Å². The minimum Gasteiger partial charge on any atom is -0.391 e. The highest BCUT2D eigenvalue weighted by Crippen LogP contribution is 2.36. The van der Waals surface area contributed by atoms with Crippen LogP contribution in [-0.2, 0) is 0 Å². The topological polar surface area (TPSA) is 38.0 Å². The van der Waals surface area contributed by atoms with Gasteiger partial charge in [0.1, 0.15) is 0 Å². The summed E-state index contributed by atoms with van der Waals surface area (Å²) in [7, 11) is 0. The third-order valence-corrected chi connectivity index (χ3v) is 3.23. The number of rotatable bonds is 1. The Kier molecular flexibility index (Phi) is 2.59. The molecule has 3 heteroatoms. The first kappa shape index (κ1) is 9.71. The maximum atomic E-state index is 10.0. The summed E-state index contributed by atoms with van der Waals surface area (Å²) in [6.07, 6.45) is 5.56. The highest BCUT2D eigenvalue weighted by Gasteiger charge is 2.34. The van der Waals surface area contributed by atoms with Crippen molar-refractivity contribution in [2.24, 2.45) is 11.8 Å². The molecule has 1 fully saturated rings. The second kappa shape index (κ2) is 3.73. The lowest BCUT2D eigenvalue weighted by Gasteiger charge is -2.36. The smallest absolute Gasteiger partial charge is 0.0803 e. The molecule has 1 N–H and O–H groups in total. The molecule has 78 valence electrons. The Balaban J connectivity index is 2.18. The Morgan fingerprint density at radius 1 is 1.36 bits per heavy atom. The number of hydrogen-bond donors (Lipinski definition) is 1. The molecule has 0 aliphatic heterocycles. The van der Waals surface area contributed by atoms with Crippen LogP contribution in [0, 0.1) is 11.8 Å². The van der Waals surface area contributed by atoms with E-state index in [0.29, 0.717) is 11.8 Å². The minimum absolute atomic E-state index is 0.168. The molecule has 0 amide bonds. The molecule has 1 aromatic heterocycles. The first-order chi connectivity index (χ1) is 6.68. The highest BCUT2D eigenvalue weighted by atomic mass is 16.3. The van der Waals surface area contributed by atoms with Crippen LogP contribution in [0.5, 0.6) is 0 Å². The number of aromatic nitrogens is 2. The summed E-state index contributed by atoms with van der Waals surface area (Å²) in [6.45, 7) is 4.41. The second-order valence-corrected chi connectivity index (χ2v) is 4.60. The normalized spacial score (nSPS) is 38.5. The molecule has 14 heavy (non-hydrogen) atoms. The zero-order valence-corrected chi connectivity index (χ0v) is 8.80. The molecule has 3 nitrogen and oxygen atoms in total. The lowest BCUT2D eigenvalue weighted by Crippen LogP contribution is -2.36. The van der Waals surface area contributed by atoms with Gasteiger partial charge in [-0.2, -0.15) is 5.10 Å². The summed E-state index contributed by atoms with van der Waals surface area (Å²) in [5.41, 5.74) is 0. The van der Waals surface area contributed by atoms with Crippen LogP contribution in [0.1, 0.15) is 32.7 Å². The van der Waals surface area contributed by atoms with E-state index in [1.807, 2.05) is 16.9 Å². The first-order valence-electron chi connectivity index (χ1n) is 5.35. The van der Waals surface area contributed by atoms with E-state index in [2.05, 4.69) is 18.9 Å². The van der Waals surface area contributed by atoms with Gasteiger partial charge in [0.2, 0.25) is 0 Å². The summed E-state index contributed by atoms with van der Waals surface area (Å²) in [5.74, 6) is 1.14. The molecule has 0 radical (unpaired) electrons. The number of nitrogens with zero attached hydrogens (tertiary/aromatic N) is 2. The molecule has 0 saturated heterocycles. The Labute approximate surface area is 84.7 Å². The zero-order chi connectivity index (χ0) is 10.1. The summed E-state index contributed by atoms with van der Waals surface area (Å²) in [5, 5.41) is 14.2. The van der Waals surface area contributed by atoms with Crippen molar-refractivity contribution in [3.05, 3.63) is 18.5 Å². The standard InChI is InChI=1S/C11H18N2O/c1-8-6-9(2)11(10(14)7-8)13-5-3-4-12-13/h3-5,8-11,14H,6-7H2,1-2H3. The van der Waals surface area contributed by atoms with Gasteiger partial charge in [-0.25, -0.2) is 0 Å². The van der Waals surface area contributed by atoms with Gasteiger partial charge in [0.15, 0.2) is 0 Å². The van der Waals surface area contributed by atoms with Crippen molar-refractivity contribution in [3.8, 4) is 0 Å². The maximum absolute atomic E-state index is 10.0. The van der Waals surface area contributed by atoms with E-state index in [1.54, 1.807) is 6.20 Å². The predicted molar refractivity (Wildman–Crippen MR) is 54.8 cm³/mol. The highest BCUT2D eigenvalue weighted by molar-refractivity contribution is 4.90. The summed E-state index contributed by atoms with van der Waals surface area (Å²) in [6, 6.07) is 2.08. The third-order valence-electron chi connectivity index (χ3n) is 3.23. The predicted octanol–water partition coefficient (Wildman–Crippen LogP) is 1.85. The van der Waals surface area contributed by atoms with Gasteiger partial charge in [0, 0.05) is 12.4 Å². The largest absolute Gasteiger partial charge is 0.391 e. The second-order valence-electron chi connectivity index (χ2n) is 4.60.